The molecule has 1 unspecified atom stereocenters. The second kappa shape index (κ2) is 8.13. The molecule has 1 aliphatic heterocycles. The lowest BCUT2D eigenvalue weighted by Gasteiger charge is -2.26. The Morgan fingerprint density at radius 2 is 2.15 bits per heavy atom. The van der Waals surface area contributed by atoms with Crippen molar-refractivity contribution in [3.8, 4) is 0 Å². The Morgan fingerprint density at radius 3 is 2.80 bits per heavy atom. The topological polar surface area (TPSA) is 18.5 Å². The van der Waals surface area contributed by atoms with Crippen molar-refractivity contribution < 1.29 is 0 Å². The highest BCUT2D eigenvalue weighted by atomic mass is 32.1. The predicted molar refractivity (Wildman–Crippen MR) is 88.5 cm³/mol. The molecule has 0 amide bonds. The van der Waals surface area contributed by atoms with Crippen LogP contribution in [-0.4, -0.2) is 55.1 Å². The van der Waals surface area contributed by atoms with Crippen LogP contribution in [-0.2, 0) is 6.54 Å². The fourth-order valence-electron chi connectivity index (χ4n) is 3.08. The average molecular weight is 295 g/mol. The fourth-order valence-corrected chi connectivity index (χ4v) is 3.94. The highest BCUT2D eigenvalue weighted by Gasteiger charge is 2.25. The van der Waals surface area contributed by atoms with Crippen LogP contribution in [0.25, 0.3) is 0 Å². The molecule has 0 aliphatic carbocycles. The SMILES string of the molecule is CCN(CC)C1CCN(CCNCc2ccc(C)s2)C1. The summed E-state index contributed by atoms with van der Waals surface area (Å²) >= 11 is 1.90. The maximum absolute atomic E-state index is 3.57. The van der Waals surface area contributed by atoms with E-state index >= 15 is 0 Å². The Hall–Kier alpha value is -0.420. The third-order valence-electron chi connectivity index (χ3n) is 4.28. The zero-order valence-electron chi connectivity index (χ0n) is 13.2. The van der Waals surface area contributed by atoms with Gasteiger partial charge in [0.2, 0.25) is 0 Å². The molecule has 1 N–H and O–H groups in total. The Labute approximate surface area is 128 Å². The molecule has 0 saturated carbocycles. The van der Waals surface area contributed by atoms with Gasteiger partial charge in [-0.15, -0.1) is 11.3 Å². The van der Waals surface area contributed by atoms with Crippen molar-refractivity contribution >= 4 is 11.3 Å². The molecule has 1 atom stereocenters. The largest absolute Gasteiger partial charge is 0.311 e. The molecule has 114 valence electrons. The molecule has 0 radical (unpaired) electrons. The summed E-state index contributed by atoms with van der Waals surface area (Å²) in [5, 5.41) is 3.57. The van der Waals surface area contributed by atoms with Gasteiger partial charge >= 0.3 is 0 Å². The maximum atomic E-state index is 3.57. The molecule has 3 nitrogen and oxygen atoms in total. The number of nitrogens with zero attached hydrogens (tertiary/aromatic N) is 2. The zero-order valence-corrected chi connectivity index (χ0v) is 14.0. The summed E-state index contributed by atoms with van der Waals surface area (Å²) in [5.74, 6) is 0. The lowest BCUT2D eigenvalue weighted by Crippen LogP contribution is -2.38. The molecule has 1 fully saturated rings. The van der Waals surface area contributed by atoms with Crippen LogP contribution in [0, 0.1) is 6.92 Å². The number of likely N-dealkylation sites (N-methyl/N-ethyl adjacent to an activating group) is 1. The number of likely N-dealkylation sites (tertiary alicyclic amines) is 1. The summed E-state index contributed by atoms with van der Waals surface area (Å²) < 4.78 is 0. The van der Waals surface area contributed by atoms with Gasteiger partial charge in [0.05, 0.1) is 0 Å². The number of thiophene rings is 1. The molecule has 1 aromatic rings. The van der Waals surface area contributed by atoms with E-state index < -0.39 is 0 Å². The Bertz CT molecular complexity index is 387. The quantitative estimate of drug-likeness (QED) is 0.744. The second-order valence-corrected chi connectivity index (χ2v) is 7.03. The van der Waals surface area contributed by atoms with Gasteiger partial charge in [0.15, 0.2) is 0 Å². The molecular weight excluding hydrogens is 266 g/mol. The van der Waals surface area contributed by atoms with Crippen LogP contribution in [0.1, 0.15) is 30.0 Å². The van der Waals surface area contributed by atoms with Crippen molar-refractivity contribution in [1.29, 1.82) is 0 Å². The van der Waals surface area contributed by atoms with Gasteiger partial charge in [-0.1, -0.05) is 13.8 Å². The van der Waals surface area contributed by atoms with Gasteiger partial charge in [-0.2, -0.15) is 0 Å². The Morgan fingerprint density at radius 1 is 1.35 bits per heavy atom. The van der Waals surface area contributed by atoms with Gasteiger partial charge < -0.3 is 10.2 Å². The number of hydrogen-bond donors (Lipinski definition) is 1. The van der Waals surface area contributed by atoms with E-state index in [4.69, 9.17) is 0 Å². The lowest BCUT2D eigenvalue weighted by molar-refractivity contribution is 0.211. The smallest absolute Gasteiger partial charge is 0.0300 e. The first-order valence-electron chi connectivity index (χ1n) is 7.95. The highest BCUT2D eigenvalue weighted by Crippen LogP contribution is 2.15. The molecule has 2 rings (SSSR count). The van der Waals surface area contributed by atoms with Crippen LogP contribution in [0.5, 0.6) is 0 Å². The second-order valence-electron chi connectivity index (χ2n) is 5.65. The molecule has 1 aliphatic rings. The molecule has 0 spiro atoms. The number of hydrogen-bond acceptors (Lipinski definition) is 4. The van der Waals surface area contributed by atoms with E-state index in [2.05, 4.69) is 48.0 Å². The first-order valence-corrected chi connectivity index (χ1v) is 8.77. The summed E-state index contributed by atoms with van der Waals surface area (Å²) in [6.45, 7) is 14.9. The van der Waals surface area contributed by atoms with Gasteiger partial charge in [-0.25, -0.2) is 0 Å². The highest BCUT2D eigenvalue weighted by molar-refractivity contribution is 7.11. The Kier molecular flexibility index (Phi) is 6.49. The van der Waals surface area contributed by atoms with E-state index in [1.165, 1.54) is 48.9 Å². The van der Waals surface area contributed by atoms with Crippen LogP contribution in [0.3, 0.4) is 0 Å². The predicted octanol–water partition coefficient (Wildman–Crippen LogP) is 2.56. The monoisotopic (exact) mass is 295 g/mol. The van der Waals surface area contributed by atoms with E-state index in [0.717, 1.165) is 19.1 Å². The van der Waals surface area contributed by atoms with Crippen LogP contribution >= 0.6 is 11.3 Å². The summed E-state index contributed by atoms with van der Waals surface area (Å²) in [6, 6.07) is 5.22. The molecule has 4 heteroatoms. The zero-order chi connectivity index (χ0) is 14.4. The molecule has 20 heavy (non-hydrogen) atoms. The molecular formula is C16H29N3S. The first kappa shape index (κ1) is 16.0. The summed E-state index contributed by atoms with van der Waals surface area (Å²) in [5.41, 5.74) is 0. The minimum atomic E-state index is 0.782. The first-order chi connectivity index (χ1) is 9.72. The van der Waals surface area contributed by atoms with Crippen LogP contribution in [0.15, 0.2) is 12.1 Å². The molecule has 2 heterocycles. The van der Waals surface area contributed by atoms with Crippen molar-refractivity contribution in [2.75, 3.05) is 39.3 Å². The third kappa shape index (κ3) is 4.55. The average Bonchev–Trinajstić information content (AvgIpc) is 3.06. The van der Waals surface area contributed by atoms with Gasteiger partial charge in [-0.05, 0) is 45.1 Å². The third-order valence-corrected chi connectivity index (χ3v) is 5.28. The van der Waals surface area contributed by atoms with E-state index in [0.29, 0.717) is 0 Å². The number of aryl methyl sites for hydroxylation is 1. The van der Waals surface area contributed by atoms with Gasteiger partial charge in [0, 0.05) is 42.0 Å². The van der Waals surface area contributed by atoms with E-state index in [1.54, 1.807) is 0 Å². The summed E-state index contributed by atoms with van der Waals surface area (Å²) in [4.78, 5) is 8.06. The molecule has 1 aromatic heterocycles. The normalized spacial score (nSPS) is 20.1. The fraction of sp³-hybridized carbons (Fsp3) is 0.750. The van der Waals surface area contributed by atoms with E-state index in [9.17, 15) is 0 Å². The van der Waals surface area contributed by atoms with Gasteiger partial charge in [0.25, 0.3) is 0 Å². The Balaban J connectivity index is 1.61. The van der Waals surface area contributed by atoms with Crippen molar-refractivity contribution in [3.63, 3.8) is 0 Å². The number of rotatable bonds is 8. The van der Waals surface area contributed by atoms with Crippen molar-refractivity contribution in [3.05, 3.63) is 21.9 Å². The number of nitrogens with one attached hydrogen (secondary N) is 1. The minimum absolute atomic E-state index is 0.782. The molecule has 0 aromatic carbocycles. The van der Waals surface area contributed by atoms with Crippen LogP contribution in [0.4, 0.5) is 0 Å². The maximum Gasteiger partial charge on any atom is 0.0300 e. The standard InChI is InChI=1S/C16H29N3S/c1-4-19(5-2)15-8-10-18(13-15)11-9-17-12-16-7-6-14(3)20-16/h6-7,15,17H,4-5,8-13H2,1-3H3. The van der Waals surface area contributed by atoms with E-state index in [-0.39, 0.29) is 0 Å². The molecule has 1 saturated heterocycles. The van der Waals surface area contributed by atoms with Gasteiger partial charge in [0.1, 0.15) is 0 Å². The summed E-state index contributed by atoms with van der Waals surface area (Å²) in [7, 11) is 0. The van der Waals surface area contributed by atoms with Crippen molar-refractivity contribution in [2.45, 2.75) is 39.8 Å². The minimum Gasteiger partial charge on any atom is -0.311 e. The van der Waals surface area contributed by atoms with Crippen molar-refractivity contribution in [1.82, 2.24) is 15.1 Å². The summed E-state index contributed by atoms with van der Waals surface area (Å²) in [6.07, 6.45) is 1.34. The van der Waals surface area contributed by atoms with Crippen LogP contribution < -0.4 is 5.32 Å². The van der Waals surface area contributed by atoms with E-state index in [1.807, 2.05) is 11.3 Å². The van der Waals surface area contributed by atoms with Crippen molar-refractivity contribution in [2.24, 2.45) is 0 Å². The molecule has 0 bridgehead atoms. The lowest BCUT2D eigenvalue weighted by atomic mass is 10.2. The van der Waals surface area contributed by atoms with Crippen LogP contribution in [0.2, 0.25) is 0 Å². The van der Waals surface area contributed by atoms with Gasteiger partial charge in [-0.3, -0.25) is 4.90 Å².